The lowest BCUT2D eigenvalue weighted by Crippen LogP contribution is -2.24. The summed E-state index contributed by atoms with van der Waals surface area (Å²) in [7, 11) is -5.83. The molecule has 1 heterocycles. The zero-order chi connectivity index (χ0) is 18.4. The van der Waals surface area contributed by atoms with Gasteiger partial charge >= 0.3 is 15.6 Å². The average Bonchev–Trinajstić information content (AvgIpc) is 3.07. The second-order valence-corrected chi connectivity index (χ2v) is 6.70. The number of halogens is 5. The van der Waals surface area contributed by atoms with Crippen molar-refractivity contribution in [2.24, 2.45) is 0 Å². The van der Waals surface area contributed by atoms with Gasteiger partial charge in [-0.25, -0.2) is 8.78 Å². The number of nitrogens with zero attached hydrogens (tertiary/aromatic N) is 2. The van der Waals surface area contributed by atoms with Crippen LogP contribution in [-0.4, -0.2) is 23.7 Å². The van der Waals surface area contributed by atoms with E-state index in [2.05, 4.69) is 9.28 Å². The molecule has 0 radical (unpaired) electrons. The Morgan fingerprint density at radius 2 is 1.96 bits per heavy atom. The predicted molar refractivity (Wildman–Crippen MR) is 75.4 cm³/mol. The Hall–Kier alpha value is -2.43. The molecule has 5 nitrogen and oxygen atoms in total. The van der Waals surface area contributed by atoms with E-state index >= 15 is 0 Å². The molecule has 3 rings (SSSR count). The van der Waals surface area contributed by atoms with Gasteiger partial charge in [-0.15, -0.1) is 0 Å². The summed E-state index contributed by atoms with van der Waals surface area (Å²) in [5.74, 6) is -1.84. The average molecular weight is 380 g/mol. The van der Waals surface area contributed by atoms with Crippen molar-refractivity contribution in [3.63, 3.8) is 0 Å². The monoisotopic (exact) mass is 380 g/mol. The first-order valence-corrected chi connectivity index (χ1v) is 8.19. The summed E-state index contributed by atoms with van der Waals surface area (Å²) in [5, 5.41) is 3.67. The standard InChI is InChI=1S/C14H9F5N2O3S/c15-8-5-20-21(6-8)7-11-9-2-4-13(10(9)1-3-12(11)16)24-25(22,23)14(17,18)19/h1,3-6H,2,7H2. The van der Waals surface area contributed by atoms with E-state index in [1.54, 1.807) is 0 Å². The second-order valence-electron chi connectivity index (χ2n) is 5.16. The summed E-state index contributed by atoms with van der Waals surface area (Å²) in [6.07, 6.45) is 3.02. The van der Waals surface area contributed by atoms with E-state index in [4.69, 9.17) is 0 Å². The van der Waals surface area contributed by atoms with Crippen molar-refractivity contribution in [2.75, 3.05) is 0 Å². The van der Waals surface area contributed by atoms with Gasteiger partial charge in [0.25, 0.3) is 0 Å². The molecule has 0 unspecified atom stereocenters. The van der Waals surface area contributed by atoms with Crippen molar-refractivity contribution >= 4 is 15.9 Å². The van der Waals surface area contributed by atoms with E-state index in [-0.39, 0.29) is 29.7 Å². The van der Waals surface area contributed by atoms with Crippen molar-refractivity contribution < 1.29 is 34.6 Å². The highest BCUT2D eigenvalue weighted by atomic mass is 32.2. The van der Waals surface area contributed by atoms with Crippen LogP contribution in [0.3, 0.4) is 0 Å². The highest BCUT2D eigenvalue weighted by Gasteiger charge is 2.49. The zero-order valence-corrected chi connectivity index (χ0v) is 13.0. The number of hydrogen-bond acceptors (Lipinski definition) is 4. The van der Waals surface area contributed by atoms with Gasteiger partial charge in [0.2, 0.25) is 0 Å². The molecule has 0 atom stereocenters. The summed E-state index contributed by atoms with van der Waals surface area (Å²) in [6, 6.07) is 2.10. The number of alkyl halides is 3. The van der Waals surface area contributed by atoms with Gasteiger partial charge in [0.1, 0.15) is 11.6 Å². The molecule has 0 N–H and O–H groups in total. The molecule has 25 heavy (non-hydrogen) atoms. The van der Waals surface area contributed by atoms with Crippen LogP contribution in [0.2, 0.25) is 0 Å². The fraction of sp³-hybridized carbons (Fsp3) is 0.214. The molecule has 0 bridgehead atoms. The second kappa shape index (κ2) is 5.83. The lowest BCUT2D eigenvalue weighted by Gasteiger charge is -2.13. The Bertz CT molecular complexity index is 963. The van der Waals surface area contributed by atoms with Crippen LogP contribution in [0.5, 0.6) is 0 Å². The third-order valence-electron chi connectivity index (χ3n) is 3.54. The van der Waals surface area contributed by atoms with Gasteiger partial charge in [-0.05, 0) is 30.2 Å². The van der Waals surface area contributed by atoms with E-state index in [0.29, 0.717) is 0 Å². The van der Waals surface area contributed by atoms with Crippen molar-refractivity contribution in [3.05, 3.63) is 58.9 Å². The van der Waals surface area contributed by atoms with Crippen LogP contribution < -0.4 is 0 Å². The Morgan fingerprint density at radius 1 is 1.24 bits per heavy atom. The van der Waals surface area contributed by atoms with Gasteiger partial charge in [0.05, 0.1) is 18.9 Å². The quantitative estimate of drug-likeness (QED) is 0.465. The molecule has 0 spiro atoms. The molecule has 0 saturated carbocycles. The topological polar surface area (TPSA) is 61.2 Å². The number of fused-ring (bicyclic) bond motifs is 1. The highest BCUT2D eigenvalue weighted by molar-refractivity contribution is 7.87. The molecular formula is C14H9F5N2O3S. The Morgan fingerprint density at radius 3 is 2.56 bits per heavy atom. The van der Waals surface area contributed by atoms with Crippen LogP contribution in [0.1, 0.15) is 16.7 Å². The molecule has 2 aromatic rings. The maximum absolute atomic E-state index is 14.1. The Balaban J connectivity index is 1.94. The number of allylic oxidation sites excluding steroid dienone is 1. The van der Waals surface area contributed by atoms with Gasteiger partial charge in [-0.2, -0.15) is 26.7 Å². The van der Waals surface area contributed by atoms with Gasteiger partial charge in [0.15, 0.2) is 5.82 Å². The van der Waals surface area contributed by atoms with Gasteiger partial charge in [-0.1, -0.05) is 0 Å². The fourth-order valence-corrected chi connectivity index (χ4v) is 2.92. The summed E-state index contributed by atoms with van der Waals surface area (Å²) in [5.41, 5.74) is -5.24. The maximum Gasteiger partial charge on any atom is 0.534 e. The van der Waals surface area contributed by atoms with Gasteiger partial charge in [-0.3, -0.25) is 4.68 Å². The molecule has 0 fully saturated rings. The minimum absolute atomic E-state index is 0.0249. The maximum atomic E-state index is 14.1. The third-order valence-corrected chi connectivity index (χ3v) is 4.50. The summed E-state index contributed by atoms with van der Waals surface area (Å²) in [4.78, 5) is 0. The molecule has 0 saturated heterocycles. The normalized spacial score (nSPS) is 14.4. The van der Waals surface area contributed by atoms with Crippen LogP contribution in [0.15, 0.2) is 30.6 Å². The van der Waals surface area contributed by atoms with Crippen LogP contribution in [0.4, 0.5) is 22.0 Å². The van der Waals surface area contributed by atoms with Crippen LogP contribution in [-0.2, 0) is 27.3 Å². The van der Waals surface area contributed by atoms with Crippen LogP contribution >= 0.6 is 0 Å². The largest absolute Gasteiger partial charge is 0.534 e. The molecule has 0 amide bonds. The Kier molecular flexibility index (Phi) is 4.06. The molecule has 134 valence electrons. The van der Waals surface area contributed by atoms with Crippen molar-refractivity contribution in [1.29, 1.82) is 0 Å². The lowest BCUT2D eigenvalue weighted by atomic mass is 10.0. The molecule has 11 heteroatoms. The smallest absolute Gasteiger partial charge is 0.376 e. The first kappa shape index (κ1) is 17.4. The number of rotatable bonds is 4. The first-order chi connectivity index (χ1) is 11.6. The lowest BCUT2D eigenvalue weighted by molar-refractivity contribution is -0.0509. The van der Waals surface area contributed by atoms with E-state index in [1.807, 2.05) is 0 Å². The van der Waals surface area contributed by atoms with E-state index in [1.165, 1.54) is 0 Å². The molecule has 1 aromatic carbocycles. The molecule has 0 aliphatic heterocycles. The third kappa shape index (κ3) is 3.23. The molecule has 1 aromatic heterocycles. The van der Waals surface area contributed by atoms with Crippen LogP contribution in [0.25, 0.3) is 5.76 Å². The van der Waals surface area contributed by atoms with Gasteiger partial charge in [0, 0.05) is 11.1 Å². The van der Waals surface area contributed by atoms with E-state index < -0.39 is 33.0 Å². The molecule has 1 aliphatic rings. The fourth-order valence-electron chi connectivity index (χ4n) is 2.44. The zero-order valence-electron chi connectivity index (χ0n) is 12.2. The number of benzene rings is 1. The minimum Gasteiger partial charge on any atom is -0.376 e. The Labute approximate surface area is 138 Å². The summed E-state index contributed by atoms with van der Waals surface area (Å²) < 4.78 is 92.0. The predicted octanol–water partition coefficient (Wildman–Crippen LogP) is 2.97. The number of aromatic nitrogens is 2. The molecule has 1 aliphatic carbocycles. The number of hydrogen-bond donors (Lipinski definition) is 0. The van der Waals surface area contributed by atoms with Crippen molar-refractivity contribution in [1.82, 2.24) is 9.78 Å². The molecular weight excluding hydrogens is 371 g/mol. The summed E-state index contributed by atoms with van der Waals surface area (Å²) in [6.45, 7) is -0.175. The van der Waals surface area contributed by atoms with Crippen LogP contribution in [0, 0.1) is 11.6 Å². The van der Waals surface area contributed by atoms with Crippen molar-refractivity contribution in [2.45, 2.75) is 18.5 Å². The highest BCUT2D eigenvalue weighted by Crippen LogP contribution is 2.36. The SMILES string of the molecule is O=S(=O)(OC1=CCc2c1ccc(F)c2Cn1cc(F)cn1)C(F)(F)F. The summed E-state index contributed by atoms with van der Waals surface area (Å²) >= 11 is 0. The van der Waals surface area contributed by atoms with Crippen molar-refractivity contribution in [3.8, 4) is 0 Å². The van der Waals surface area contributed by atoms with E-state index in [0.717, 1.165) is 35.3 Å². The van der Waals surface area contributed by atoms with E-state index in [9.17, 15) is 30.4 Å². The minimum atomic E-state index is -5.83. The first-order valence-electron chi connectivity index (χ1n) is 6.78. The van der Waals surface area contributed by atoms with Gasteiger partial charge < -0.3 is 4.18 Å².